The maximum Gasteiger partial charge on any atom is 0.122 e. The first-order chi connectivity index (χ1) is 10.3. The second kappa shape index (κ2) is 6.11. The molecule has 110 valence electrons. The Bertz CT molecular complexity index is 617. The highest BCUT2D eigenvalue weighted by Crippen LogP contribution is 2.36. The number of aromatic nitrogens is 1. The Hall–Kier alpha value is -2.11. The van der Waals surface area contributed by atoms with E-state index >= 15 is 0 Å². The van der Waals surface area contributed by atoms with Crippen molar-refractivity contribution in [3.05, 3.63) is 53.9 Å². The zero-order chi connectivity index (χ0) is 14.7. The largest absolute Gasteiger partial charge is 0.493 e. The fourth-order valence-electron chi connectivity index (χ4n) is 2.95. The van der Waals surface area contributed by atoms with Gasteiger partial charge in [-0.2, -0.15) is 0 Å². The summed E-state index contributed by atoms with van der Waals surface area (Å²) >= 11 is 0. The molecular weight excluding hydrogens is 264 g/mol. The van der Waals surface area contributed by atoms with Gasteiger partial charge in [0, 0.05) is 30.0 Å². The van der Waals surface area contributed by atoms with Gasteiger partial charge in [-0.15, -0.1) is 0 Å². The quantitative estimate of drug-likeness (QED) is 0.586. The maximum absolute atomic E-state index is 6.01. The van der Waals surface area contributed by atoms with Crippen LogP contribution in [0.25, 0.3) is 0 Å². The standard InChI is InChI=1S/C16H20N4O/c17-14-5-7-19-10-11(14)9-15(20-18)12-6-8-21-16-4-2-1-3-13(12)16/h1-5,7,10,12,15,20H,6,8-9,18H2,(H2,17,19). The van der Waals surface area contributed by atoms with Crippen LogP contribution in [0.4, 0.5) is 5.69 Å². The van der Waals surface area contributed by atoms with Crippen LogP contribution in [0, 0.1) is 0 Å². The van der Waals surface area contributed by atoms with Gasteiger partial charge in [0.05, 0.1) is 6.61 Å². The lowest BCUT2D eigenvalue weighted by Gasteiger charge is -2.32. The molecule has 0 fully saturated rings. The summed E-state index contributed by atoms with van der Waals surface area (Å²) in [5.74, 6) is 7.06. The van der Waals surface area contributed by atoms with E-state index in [9.17, 15) is 0 Å². The molecule has 0 amide bonds. The molecule has 2 aromatic rings. The molecular formula is C16H20N4O. The van der Waals surface area contributed by atoms with Gasteiger partial charge in [0.25, 0.3) is 0 Å². The minimum Gasteiger partial charge on any atom is -0.493 e. The predicted molar refractivity (Wildman–Crippen MR) is 82.8 cm³/mol. The number of nitrogens with two attached hydrogens (primary N) is 2. The van der Waals surface area contributed by atoms with Crippen molar-refractivity contribution in [2.75, 3.05) is 12.3 Å². The number of nitrogens with one attached hydrogen (secondary N) is 1. The van der Waals surface area contributed by atoms with Crippen LogP contribution in [0.2, 0.25) is 0 Å². The molecule has 0 radical (unpaired) electrons. The Morgan fingerprint density at radius 3 is 3.00 bits per heavy atom. The third-order valence-corrected chi connectivity index (χ3v) is 4.09. The molecule has 2 heterocycles. The van der Waals surface area contributed by atoms with E-state index in [0.717, 1.165) is 29.8 Å². The number of nitrogen functional groups attached to an aromatic ring is 1. The first-order valence-corrected chi connectivity index (χ1v) is 7.16. The van der Waals surface area contributed by atoms with Gasteiger partial charge in [-0.3, -0.25) is 16.3 Å². The van der Waals surface area contributed by atoms with Crippen LogP contribution in [0.1, 0.15) is 23.5 Å². The fourth-order valence-corrected chi connectivity index (χ4v) is 2.95. The molecule has 5 nitrogen and oxygen atoms in total. The maximum atomic E-state index is 6.01. The summed E-state index contributed by atoms with van der Waals surface area (Å²) in [4.78, 5) is 4.15. The number of hydrogen-bond acceptors (Lipinski definition) is 5. The summed E-state index contributed by atoms with van der Waals surface area (Å²) in [5, 5.41) is 0. The van der Waals surface area contributed by atoms with Crippen LogP contribution in [0.15, 0.2) is 42.7 Å². The van der Waals surface area contributed by atoms with Gasteiger partial charge in [0.1, 0.15) is 5.75 Å². The van der Waals surface area contributed by atoms with Gasteiger partial charge >= 0.3 is 0 Å². The normalized spacial score (nSPS) is 18.6. The summed E-state index contributed by atoms with van der Waals surface area (Å²) in [6.07, 6.45) is 5.19. The molecule has 5 heteroatoms. The lowest BCUT2D eigenvalue weighted by Crippen LogP contribution is -2.43. The lowest BCUT2D eigenvalue weighted by atomic mass is 9.84. The molecule has 1 aliphatic rings. The molecule has 0 spiro atoms. The molecule has 1 aromatic carbocycles. The SMILES string of the molecule is NNC(Cc1cnccc1N)C1CCOc2ccccc21. The minimum absolute atomic E-state index is 0.0987. The molecule has 1 aliphatic heterocycles. The molecule has 21 heavy (non-hydrogen) atoms. The van der Waals surface area contributed by atoms with E-state index in [1.807, 2.05) is 30.5 Å². The number of para-hydroxylation sites is 1. The first kappa shape index (κ1) is 13.9. The van der Waals surface area contributed by atoms with Gasteiger partial charge < -0.3 is 10.5 Å². The van der Waals surface area contributed by atoms with E-state index in [0.29, 0.717) is 12.5 Å². The molecule has 2 atom stereocenters. The van der Waals surface area contributed by atoms with Crippen LogP contribution in [-0.2, 0) is 6.42 Å². The van der Waals surface area contributed by atoms with Crippen LogP contribution < -0.4 is 21.7 Å². The minimum atomic E-state index is 0.0987. The van der Waals surface area contributed by atoms with Crippen molar-refractivity contribution in [1.29, 1.82) is 0 Å². The third-order valence-electron chi connectivity index (χ3n) is 4.09. The Morgan fingerprint density at radius 2 is 2.19 bits per heavy atom. The van der Waals surface area contributed by atoms with Gasteiger partial charge in [0.2, 0.25) is 0 Å². The van der Waals surface area contributed by atoms with Crippen molar-refractivity contribution in [1.82, 2.24) is 10.4 Å². The highest BCUT2D eigenvalue weighted by Gasteiger charge is 2.28. The molecule has 2 unspecified atom stereocenters. The van der Waals surface area contributed by atoms with Crippen molar-refractivity contribution in [2.24, 2.45) is 5.84 Å². The molecule has 5 N–H and O–H groups in total. The van der Waals surface area contributed by atoms with Gasteiger partial charge in [-0.05, 0) is 36.1 Å². The predicted octanol–water partition coefficient (Wildman–Crippen LogP) is 1.60. The first-order valence-electron chi connectivity index (χ1n) is 7.16. The van der Waals surface area contributed by atoms with E-state index in [1.54, 1.807) is 6.20 Å². The topological polar surface area (TPSA) is 86.2 Å². The van der Waals surface area contributed by atoms with Crippen molar-refractivity contribution >= 4 is 5.69 Å². The second-order valence-corrected chi connectivity index (χ2v) is 5.33. The van der Waals surface area contributed by atoms with Crippen molar-refractivity contribution < 1.29 is 4.74 Å². The molecule has 0 saturated heterocycles. The summed E-state index contributed by atoms with van der Waals surface area (Å²) < 4.78 is 5.72. The monoisotopic (exact) mass is 284 g/mol. The Morgan fingerprint density at radius 1 is 1.33 bits per heavy atom. The Balaban J connectivity index is 1.86. The van der Waals surface area contributed by atoms with Crippen LogP contribution in [0.3, 0.4) is 0 Å². The van der Waals surface area contributed by atoms with E-state index in [2.05, 4.69) is 16.5 Å². The molecule has 0 bridgehead atoms. The summed E-state index contributed by atoms with van der Waals surface area (Å²) in [6.45, 7) is 0.711. The third kappa shape index (κ3) is 2.84. The van der Waals surface area contributed by atoms with Crippen LogP contribution >= 0.6 is 0 Å². The number of pyridine rings is 1. The van der Waals surface area contributed by atoms with E-state index in [4.69, 9.17) is 16.3 Å². The van der Waals surface area contributed by atoms with Crippen LogP contribution in [-0.4, -0.2) is 17.6 Å². The number of ether oxygens (including phenoxy) is 1. The average molecular weight is 284 g/mol. The number of hydrazine groups is 1. The fraction of sp³-hybridized carbons (Fsp3) is 0.312. The summed E-state index contributed by atoms with van der Waals surface area (Å²) in [6, 6.07) is 10.1. The number of nitrogens with zero attached hydrogens (tertiary/aromatic N) is 1. The average Bonchev–Trinajstić information content (AvgIpc) is 2.54. The zero-order valence-electron chi connectivity index (χ0n) is 11.8. The molecule has 0 saturated carbocycles. The van der Waals surface area contributed by atoms with E-state index in [-0.39, 0.29) is 6.04 Å². The summed E-state index contributed by atoms with van der Waals surface area (Å²) in [7, 11) is 0. The zero-order valence-corrected chi connectivity index (χ0v) is 11.8. The number of benzene rings is 1. The van der Waals surface area contributed by atoms with E-state index < -0.39 is 0 Å². The number of fused-ring (bicyclic) bond motifs is 1. The molecule has 3 rings (SSSR count). The Labute approximate surface area is 124 Å². The van der Waals surface area contributed by atoms with E-state index in [1.165, 1.54) is 5.56 Å². The highest BCUT2D eigenvalue weighted by atomic mass is 16.5. The van der Waals surface area contributed by atoms with Crippen molar-refractivity contribution in [3.63, 3.8) is 0 Å². The second-order valence-electron chi connectivity index (χ2n) is 5.33. The van der Waals surface area contributed by atoms with Gasteiger partial charge in [-0.1, -0.05) is 18.2 Å². The Kier molecular flexibility index (Phi) is 4.03. The van der Waals surface area contributed by atoms with Gasteiger partial charge in [0.15, 0.2) is 0 Å². The summed E-state index contributed by atoms with van der Waals surface area (Å²) in [5.41, 5.74) is 11.9. The number of rotatable bonds is 4. The lowest BCUT2D eigenvalue weighted by molar-refractivity contribution is 0.245. The van der Waals surface area contributed by atoms with Crippen LogP contribution in [0.5, 0.6) is 5.75 Å². The number of hydrogen-bond donors (Lipinski definition) is 3. The highest BCUT2D eigenvalue weighted by molar-refractivity contribution is 5.45. The van der Waals surface area contributed by atoms with Crippen molar-refractivity contribution in [3.8, 4) is 5.75 Å². The smallest absolute Gasteiger partial charge is 0.122 e. The van der Waals surface area contributed by atoms with Crippen molar-refractivity contribution in [2.45, 2.75) is 24.8 Å². The number of anilines is 1. The van der Waals surface area contributed by atoms with Gasteiger partial charge in [-0.25, -0.2) is 0 Å². The molecule has 0 aliphatic carbocycles. The molecule has 1 aromatic heterocycles.